The summed E-state index contributed by atoms with van der Waals surface area (Å²) in [5.41, 5.74) is 0. The number of hydrogen-bond donors (Lipinski definition) is 2. The fourth-order valence-corrected chi connectivity index (χ4v) is 2.54. The van der Waals surface area contributed by atoms with Crippen LogP contribution in [0.3, 0.4) is 0 Å². The first-order valence-corrected chi connectivity index (χ1v) is 7.31. The van der Waals surface area contributed by atoms with E-state index in [1.807, 2.05) is 19.0 Å². The van der Waals surface area contributed by atoms with Crippen LogP contribution in [0.25, 0.3) is 0 Å². The quantitative estimate of drug-likeness (QED) is 0.769. The van der Waals surface area contributed by atoms with Gasteiger partial charge in [0.25, 0.3) is 0 Å². The van der Waals surface area contributed by atoms with Crippen LogP contribution in [0.4, 0.5) is 4.79 Å². The fraction of sp³-hybridized carbons (Fsp3) is 0.857. The third kappa shape index (κ3) is 5.36. The maximum absolute atomic E-state index is 12.0. The second kappa shape index (κ2) is 8.09. The van der Waals surface area contributed by atoms with Crippen molar-refractivity contribution in [2.24, 2.45) is 5.92 Å². The maximum atomic E-state index is 12.0. The van der Waals surface area contributed by atoms with Crippen LogP contribution in [-0.4, -0.2) is 67.2 Å². The Kier molecular flexibility index (Phi) is 6.78. The minimum Gasteiger partial charge on any atom is -0.480 e. The number of rotatable bonds is 6. The first-order chi connectivity index (χ1) is 9.41. The number of carbonyl (C=O) groups is 2. The normalized spacial score (nSPS) is 17.8. The van der Waals surface area contributed by atoms with Gasteiger partial charge in [-0.05, 0) is 32.9 Å². The van der Waals surface area contributed by atoms with Crippen LogP contribution >= 0.6 is 0 Å². The molecule has 6 nitrogen and oxygen atoms in total. The SMILES string of the molecule is CN(C)CCN(C)C(=O)NC(C(=O)O)C1CCCCC1. The van der Waals surface area contributed by atoms with E-state index in [1.165, 1.54) is 6.42 Å². The summed E-state index contributed by atoms with van der Waals surface area (Å²) in [4.78, 5) is 27.0. The molecule has 2 amide bonds. The molecule has 0 spiro atoms. The van der Waals surface area contributed by atoms with E-state index in [2.05, 4.69) is 5.32 Å². The summed E-state index contributed by atoms with van der Waals surface area (Å²) < 4.78 is 0. The largest absolute Gasteiger partial charge is 0.480 e. The molecule has 6 heteroatoms. The zero-order valence-electron chi connectivity index (χ0n) is 12.8. The topological polar surface area (TPSA) is 72.9 Å². The Morgan fingerprint density at radius 2 is 1.75 bits per heavy atom. The van der Waals surface area contributed by atoms with Crippen LogP contribution in [0, 0.1) is 5.92 Å². The average Bonchev–Trinajstić information content (AvgIpc) is 2.42. The highest BCUT2D eigenvalue weighted by molar-refractivity contribution is 5.82. The summed E-state index contributed by atoms with van der Waals surface area (Å²) in [5.74, 6) is -0.862. The van der Waals surface area contributed by atoms with E-state index < -0.39 is 12.0 Å². The molecule has 1 aliphatic rings. The number of carboxylic acids is 1. The number of carboxylic acid groups (broad SMARTS) is 1. The molecule has 1 saturated carbocycles. The van der Waals surface area contributed by atoms with Gasteiger partial charge in [-0.25, -0.2) is 9.59 Å². The summed E-state index contributed by atoms with van der Waals surface area (Å²) >= 11 is 0. The molecule has 0 aromatic carbocycles. The molecule has 0 bridgehead atoms. The molecule has 0 aromatic rings. The van der Waals surface area contributed by atoms with Gasteiger partial charge in [0.15, 0.2) is 0 Å². The van der Waals surface area contributed by atoms with Crippen molar-refractivity contribution in [3.8, 4) is 0 Å². The highest BCUT2D eigenvalue weighted by atomic mass is 16.4. The van der Waals surface area contributed by atoms with Gasteiger partial charge in [-0.15, -0.1) is 0 Å². The van der Waals surface area contributed by atoms with Crippen LogP contribution in [0.1, 0.15) is 32.1 Å². The van der Waals surface area contributed by atoms with Crippen molar-refractivity contribution in [3.63, 3.8) is 0 Å². The number of hydrogen-bond acceptors (Lipinski definition) is 3. The molecule has 1 aliphatic carbocycles. The van der Waals surface area contributed by atoms with Crippen LogP contribution in [0.2, 0.25) is 0 Å². The van der Waals surface area contributed by atoms with Crippen LogP contribution in [-0.2, 0) is 4.79 Å². The van der Waals surface area contributed by atoms with Gasteiger partial charge < -0.3 is 20.2 Å². The third-order valence-corrected chi connectivity index (χ3v) is 3.90. The van der Waals surface area contributed by atoms with Crippen molar-refractivity contribution in [1.82, 2.24) is 15.1 Å². The first-order valence-electron chi connectivity index (χ1n) is 7.31. The first kappa shape index (κ1) is 16.8. The molecule has 2 N–H and O–H groups in total. The lowest BCUT2D eigenvalue weighted by molar-refractivity contribution is -0.141. The zero-order chi connectivity index (χ0) is 15.1. The van der Waals surface area contributed by atoms with E-state index in [0.29, 0.717) is 6.54 Å². The van der Waals surface area contributed by atoms with Crippen LogP contribution in [0.5, 0.6) is 0 Å². The van der Waals surface area contributed by atoms with E-state index in [-0.39, 0.29) is 11.9 Å². The standard InChI is InChI=1S/C14H27N3O3/c1-16(2)9-10-17(3)14(20)15-12(13(18)19)11-7-5-4-6-8-11/h11-12H,4-10H2,1-3H3,(H,15,20)(H,18,19). The van der Waals surface area contributed by atoms with Gasteiger partial charge in [-0.3, -0.25) is 0 Å². The Balaban J connectivity index is 2.51. The molecule has 0 aromatic heterocycles. The Bertz CT molecular complexity index is 328. The number of likely N-dealkylation sites (N-methyl/N-ethyl adjacent to an activating group) is 2. The van der Waals surface area contributed by atoms with Crippen molar-refractivity contribution in [2.75, 3.05) is 34.2 Å². The molecular formula is C14H27N3O3. The zero-order valence-corrected chi connectivity index (χ0v) is 12.8. The Labute approximate surface area is 121 Å². The summed E-state index contributed by atoms with van der Waals surface area (Å²) in [6.45, 7) is 1.33. The van der Waals surface area contributed by atoms with Gasteiger partial charge in [0, 0.05) is 20.1 Å². The number of nitrogens with zero attached hydrogens (tertiary/aromatic N) is 2. The molecule has 0 aliphatic heterocycles. The Hall–Kier alpha value is -1.30. The second-order valence-corrected chi connectivity index (χ2v) is 5.89. The van der Waals surface area contributed by atoms with E-state index in [1.54, 1.807) is 11.9 Å². The molecule has 0 heterocycles. The predicted octanol–water partition coefficient (Wildman–Crippen LogP) is 1.22. The lowest BCUT2D eigenvalue weighted by Crippen LogP contribution is -2.51. The molecule has 1 rings (SSSR count). The van der Waals surface area contributed by atoms with E-state index in [9.17, 15) is 14.7 Å². The minimum atomic E-state index is -0.925. The van der Waals surface area contributed by atoms with Gasteiger partial charge in [0.2, 0.25) is 0 Å². The van der Waals surface area contributed by atoms with E-state index >= 15 is 0 Å². The fourth-order valence-electron chi connectivity index (χ4n) is 2.54. The number of nitrogens with one attached hydrogen (secondary N) is 1. The smallest absolute Gasteiger partial charge is 0.326 e. The Morgan fingerprint density at radius 3 is 2.25 bits per heavy atom. The number of amides is 2. The molecule has 1 atom stereocenters. The lowest BCUT2D eigenvalue weighted by Gasteiger charge is -2.29. The van der Waals surface area contributed by atoms with Crippen LogP contribution in [0.15, 0.2) is 0 Å². The van der Waals surface area contributed by atoms with Gasteiger partial charge in [0.05, 0.1) is 0 Å². The lowest BCUT2D eigenvalue weighted by atomic mass is 9.84. The molecule has 20 heavy (non-hydrogen) atoms. The van der Waals surface area contributed by atoms with Gasteiger partial charge in [0.1, 0.15) is 6.04 Å². The number of urea groups is 1. The van der Waals surface area contributed by atoms with Gasteiger partial charge >= 0.3 is 12.0 Å². The van der Waals surface area contributed by atoms with E-state index in [0.717, 1.165) is 32.2 Å². The average molecular weight is 285 g/mol. The monoisotopic (exact) mass is 285 g/mol. The third-order valence-electron chi connectivity index (χ3n) is 3.90. The van der Waals surface area contributed by atoms with Crippen molar-refractivity contribution < 1.29 is 14.7 Å². The predicted molar refractivity (Wildman–Crippen MR) is 77.7 cm³/mol. The molecular weight excluding hydrogens is 258 g/mol. The number of carbonyl (C=O) groups excluding carboxylic acids is 1. The highest BCUT2D eigenvalue weighted by Crippen LogP contribution is 2.26. The summed E-state index contributed by atoms with van der Waals surface area (Å²) in [6, 6.07) is -1.06. The summed E-state index contributed by atoms with van der Waals surface area (Å²) in [5, 5.41) is 12.0. The van der Waals surface area contributed by atoms with E-state index in [4.69, 9.17) is 0 Å². The van der Waals surface area contributed by atoms with Crippen molar-refractivity contribution in [2.45, 2.75) is 38.1 Å². The highest BCUT2D eigenvalue weighted by Gasteiger charge is 2.31. The summed E-state index contributed by atoms with van der Waals surface area (Å²) in [7, 11) is 5.57. The van der Waals surface area contributed by atoms with Gasteiger partial charge in [-0.1, -0.05) is 19.3 Å². The van der Waals surface area contributed by atoms with Gasteiger partial charge in [-0.2, -0.15) is 0 Å². The number of aliphatic carboxylic acids is 1. The maximum Gasteiger partial charge on any atom is 0.326 e. The minimum absolute atomic E-state index is 0.0625. The molecule has 1 fully saturated rings. The van der Waals surface area contributed by atoms with Crippen molar-refractivity contribution in [1.29, 1.82) is 0 Å². The molecule has 0 saturated heterocycles. The van der Waals surface area contributed by atoms with Crippen molar-refractivity contribution in [3.05, 3.63) is 0 Å². The van der Waals surface area contributed by atoms with Crippen LogP contribution < -0.4 is 5.32 Å². The molecule has 116 valence electrons. The molecule has 0 radical (unpaired) electrons. The second-order valence-electron chi connectivity index (χ2n) is 5.89. The summed E-state index contributed by atoms with van der Waals surface area (Å²) in [6.07, 6.45) is 5.05. The Morgan fingerprint density at radius 1 is 1.15 bits per heavy atom. The van der Waals surface area contributed by atoms with Crippen molar-refractivity contribution >= 4 is 12.0 Å². The molecule has 1 unspecified atom stereocenters.